The van der Waals surface area contributed by atoms with Gasteiger partial charge in [0.15, 0.2) is 0 Å². The summed E-state index contributed by atoms with van der Waals surface area (Å²) in [6.45, 7) is 6.65. The molecule has 0 spiro atoms. The largest absolute Gasteiger partial charge is 0.366 e. The van der Waals surface area contributed by atoms with Gasteiger partial charge in [-0.15, -0.1) is 0 Å². The summed E-state index contributed by atoms with van der Waals surface area (Å²) >= 11 is 0. The van der Waals surface area contributed by atoms with Gasteiger partial charge in [0, 0.05) is 45.7 Å². The fraction of sp³-hybridized carbons (Fsp3) is 0.611. The van der Waals surface area contributed by atoms with Crippen molar-refractivity contribution >= 4 is 21.6 Å². The van der Waals surface area contributed by atoms with Gasteiger partial charge in [0.25, 0.3) is 0 Å². The van der Waals surface area contributed by atoms with Gasteiger partial charge in [-0.25, -0.2) is 17.1 Å². The number of benzene rings is 1. The van der Waals surface area contributed by atoms with E-state index in [2.05, 4.69) is 0 Å². The standard InChI is InChI=1S/C18H28FN3O3S/c1-15(2)14-22(26(3,24)25)9-8-18(23)21-12-10-20(11-13-21)17-7-5-4-6-16(17)19/h4-7,15H,8-14H2,1-3H3. The van der Waals surface area contributed by atoms with Crippen LogP contribution >= 0.6 is 0 Å². The number of rotatable bonds is 7. The first kappa shape index (κ1) is 20.6. The summed E-state index contributed by atoms with van der Waals surface area (Å²) in [7, 11) is -3.32. The van der Waals surface area contributed by atoms with Crippen LogP contribution in [0.25, 0.3) is 0 Å². The number of nitrogens with zero attached hydrogens (tertiary/aromatic N) is 3. The molecule has 1 fully saturated rings. The zero-order chi connectivity index (χ0) is 19.3. The quantitative estimate of drug-likeness (QED) is 0.718. The van der Waals surface area contributed by atoms with Crippen LogP contribution in [0.15, 0.2) is 24.3 Å². The first-order chi connectivity index (χ1) is 12.2. The summed E-state index contributed by atoms with van der Waals surface area (Å²) in [6, 6.07) is 6.62. The molecule has 2 rings (SSSR count). The van der Waals surface area contributed by atoms with Gasteiger partial charge in [0.2, 0.25) is 15.9 Å². The van der Waals surface area contributed by atoms with Crippen LogP contribution in [0.2, 0.25) is 0 Å². The molecule has 146 valence electrons. The monoisotopic (exact) mass is 385 g/mol. The Balaban J connectivity index is 1.87. The molecule has 0 aliphatic carbocycles. The first-order valence-corrected chi connectivity index (χ1v) is 10.8. The minimum atomic E-state index is -3.32. The molecule has 0 bridgehead atoms. The molecule has 0 aromatic heterocycles. The number of para-hydroxylation sites is 1. The van der Waals surface area contributed by atoms with Crippen molar-refractivity contribution in [2.24, 2.45) is 5.92 Å². The van der Waals surface area contributed by atoms with Crippen LogP contribution in [-0.2, 0) is 14.8 Å². The molecule has 1 aromatic rings. The summed E-state index contributed by atoms with van der Waals surface area (Å²) in [5, 5.41) is 0. The number of piperazine rings is 1. The van der Waals surface area contributed by atoms with Crippen LogP contribution in [0.1, 0.15) is 20.3 Å². The fourth-order valence-electron chi connectivity index (χ4n) is 3.08. The van der Waals surface area contributed by atoms with Crippen molar-refractivity contribution in [2.45, 2.75) is 20.3 Å². The maximum atomic E-state index is 13.9. The lowest BCUT2D eigenvalue weighted by Crippen LogP contribution is -2.49. The Kier molecular flexibility index (Phi) is 7.00. The summed E-state index contributed by atoms with van der Waals surface area (Å²) in [5.74, 6) is -0.121. The number of carbonyl (C=O) groups excluding carboxylic acids is 1. The number of sulfonamides is 1. The lowest BCUT2D eigenvalue weighted by molar-refractivity contribution is -0.131. The molecule has 1 saturated heterocycles. The number of anilines is 1. The maximum absolute atomic E-state index is 13.9. The van der Waals surface area contributed by atoms with Gasteiger partial charge in [-0.2, -0.15) is 0 Å². The lowest BCUT2D eigenvalue weighted by Gasteiger charge is -2.36. The van der Waals surface area contributed by atoms with E-state index in [0.717, 1.165) is 0 Å². The van der Waals surface area contributed by atoms with E-state index in [1.807, 2.05) is 18.7 Å². The summed E-state index contributed by atoms with van der Waals surface area (Å²) in [5.41, 5.74) is 0.555. The normalized spacial score (nSPS) is 15.8. The second-order valence-corrected chi connectivity index (χ2v) is 9.07. The van der Waals surface area contributed by atoms with E-state index in [9.17, 15) is 17.6 Å². The molecule has 26 heavy (non-hydrogen) atoms. The van der Waals surface area contributed by atoms with Crippen LogP contribution in [0.4, 0.5) is 10.1 Å². The molecule has 0 unspecified atom stereocenters. The van der Waals surface area contributed by atoms with E-state index in [1.54, 1.807) is 23.1 Å². The van der Waals surface area contributed by atoms with Crippen molar-refractivity contribution in [3.63, 3.8) is 0 Å². The van der Waals surface area contributed by atoms with Gasteiger partial charge in [-0.3, -0.25) is 4.79 Å². The average molecular weight is 386 g/mol. The van der Waals surface area contributed by atoms with Crippen LogP contribution < -0.4 is 4.90 Å². The van der Waals surface area contributed by atoms with Gasteiger partial charge in [-0.1, -0.05) is 26.0 Å². The predicted octanol–water partition coefficient (Wildman–Crippen LogP) is 1.78. The summed E-state index contributed by atoms with van der Waals surface area (Å²) in [6.07, 6.45) is 1.34. The number of carbonyl (C=O) groups is 1. The third-order valence-electron chi connectivity index (χ3n) is 4.44. The topological polar surface area (TPSA) is 60.9 Å². The van der Waals surface area contributed by atoms with Crippen molar-refractivity contribution in [1.82, 2.24) is 9.21 Å². The minimum Gasteiger partial charge on any atom is -0.366 e. The van der Waals surface area contributed by atoms with E-state index in [0.29, 0.717) is 38.4 Å². The van der Waals surface area contributed by atoms with E-state index in [1.165, 1.54) is 16.6 Å². The van der Waals surface area contributed by atoms with Crippen LogP contribution in [0.5, 0.6) is 0 Å². The number of halogens is 1. The molecule has 0 radical (unpaired) electrons. The van der Waals surface area contributed by atoms with Crippen molar-refractivity contribution in [2.75, 3.05) is 50.4 Å². The predicted molar refractivity (Wildman–Crippen MR) is 101 cm³/mol. The molecule has 1 heterocycles. The third-order valence-corrected chi connectivity index (χ3v) is 5.71. The summed E-state index contributed by atoms with van der Waals surface area (Å²) < 4.78 is 38.9. The zero-order valence-electron chi connectivity index (χ0n) is 15.7. The Morgan fingerprint density at radius 1 is 1.19 bits per heavy atom. The van der Waals surface area contributed by atoms with E-state index >= 15 is 0 Å². The Morgan fingerprint density at radius 2 is 1.81 bits per heavy atom. The highest BCUT2D eigenvalue weighted by Crippen LogP contribution is 2.20. The number of amides is 1. The highest BCUT2D eigenvalue weighted by atomic mass is 32.2. The molecule has 1 amide bonds. The van der Waals surface area contributed by atoms with Gasteiger partial charge < -0.3 is 9.80 Å². The van der Waals surface area contributed by atoms with Crippen LogP contribution in [0, 0.1) is 11.7 Å². The van der Waals surface area contributed by atoms with Gasteiger partial charge in [-0.05, 0) is 18.1 Å². The first-order valence-electron chi connectivity index (χ1n) is 8.91. The lowest BCUT2D eigenvalue weighted by atomic mass is 10.2. The third kappa shape index (κ3) is 5.67. The van der Waals surface area contributed by atoms with Crippen molar-refractivity contribution in [3.8, 4) is 0 Å². The second-order valence-electron chi connectivity index (χ2n) is 7.08. The SMILES string of the molecule is CC(C)CN(CCC(=O)N1CCN(c2ccccc2F)CC1)S(C)(=O)=O. The molecule has 0 atom stereocenters. The molecule has 6 nitrogen and oxygen atoms in total. The molecule has 0 saturated carbocycles. The fourth-order valence-corrected chi connectivity index (χ4v) is 4.08. The van der Waals surface area contributed by atoms with E-state index in [-0.39, 0.29) is 30.6 Å². The molecular weight excluding hydrogens is 357 g/mol. The van der Waals surface area contributed by atoms with Gasteiger partial charge in [0.05, 0.1) is 11.9 Å². The maximum Gasteiger partial charge on any atom is 0.224 e. The van der Waals surface area contributed by atoms with Crippen LogP contribution in [-0.4, -0.2) is 69.1 Å². The number of hydrogen-bond acceptors (Lipinski definition) is 4. The van der Waals surface area contributed by atoms with E-state index < -0.39 is 10.0 Å². The Labute approximate surface area is 155 Å². The molecular formula is C18H28FN3O3S. The Morgan fingerprint density at radius 3 is 2.35 bits per heavy atom. The smallest absolute Gasteiger partial charge is 0.224 e. The van der Waals surface area contributed by atoms with Crippen molar-refractivity contribution < 1.29 is 17.6 Å². The molecule has 1 aliphatic heterocycles. The summed E-state index contributed by atoms with van der Waals surface area (Å²) in [4.78, 5) is 16.1. The highest BCUT2D eigenvalue weighted by molar-refractivity contribution is 7.88. The number of hydrogen-bond donors (Lipinski definition) is 0. The molecule has 0 N–H and O–H groups in total. The van der Waals surface area contributed by atoms with Crippen LogP contribution in [0.3, 0.4) is 0 Å². The zero-order valence-corrected chi connectivity index (χ0v) is 16.5. The average Bonchev–Trinajstić information content (AvgIpc) is 2.57. The Bertz CT molecular complexity index is 716. The van der Waals surface area contributed by atoms with Gasteiger partial charge in [0.1, 0.15) is 5.82 Å². The Hall–Kier alpha value is -1.67. The molecule has 1 aromatic carbocycles. The molecule has 8 heteroatoms. The molecule has 1 aliphatic rings. The van der Waals surface area contributed by atoms with E-state index in [4.69, 9.17) is 0 Å². The van der Waals surface area contributed by atoms with Crippen molar-refractivity contribution in [3.05, 3.63) is 30.1 Å². The highest BCUT2D eigenvalue weighted by Gasteiger charge is 2.24. The second kappa shape index (κ2) is 8.81. The van der Waals surface area contributed by atoms with Gasteiger partial charge >= 0.3 is 0 Å². The minimum absolute atomic E-state index is 0.0596. The van der Waals surface area contributed by atoms with Crippen molar-refractivity contribution in [1.29, 1.82) is 0 Å².